The first-order valence-electron chi connectivity index (χ1n) is 6.63. The highest BCUT2D eigenvalue weighted by molar-refractivity contribution is 7.13. The number of thiazole rings is 1. The minimum Gasteiger partial charge on any atom is -0.338 e. The van der Waals surface area contributed by atoms with Crippen LogP contribution in [-0.2, 0) is 0 Å². The standard InChI is InChI=1S/C13H21N3OS/c1-3-14-8-11-4-6-16(7-5-11)13(17)12-9-15-10(2)18-12/h9,11,14H,3-8H2,1-2H3. The smallest absolute Gasteiger partial charge is 0.265 e. The number of aryl methyl sites for hydroxylation is 1. The van der Waals surface area contributed by atoms with Crippen molar-refractivity contribution < 1.29 is 4.79 Å². The average Bonchev–Trinajstić information content (AvgIpc) is 2.83. The summed E-state index contributed by atoms with van der Waals surface area (Å²) >= 11 is 1.49. The fraction of sp³-hybridized carbons (Fsp3) is 0.692. The van der Waals surface area contributed by atoms with Crippen LogP contribution in [0.1, 0.15) is 34.4 Å². The van der Waals surface area contributed by atoms with E-state index >= 15 is 0 Å². The summed E-state index contributed by atoms with van der Waals surface area (Å²) in [5, 5.41) is 4.34. The quantitative estimate of drug-likeness (QED) is 0.906. The molecule has 1 aromatic rings. The third kappa shape index (κ3) is 3.29. The molecule has 0 atom stereocenters. The second-order valence-corrected chi connectivity index (χ2v) is 6.02. The van der Waals surface area contributed by atoms with Gasteiger partial charge in [-0.05, 0) is 38.8 Å². The van der Waals surface area contributed by atoms with Gasteiger partial charge in [0.25, 0.3) is 5.91 Å². The fourth-order valence-corrected chi connectivity index (χ4v) is 3.05. The average molecular weight is 267 g/mol. The van der Waals surface area contributed by atoms with Crippen LogP contribution in [-0.4, -0.2) is 42.0 Å². The van der Waals surface area contributed by atoms with E-state index in [1.165, 1.54) is 11.3 Å². The van der Waals surface area contributed by atoms with E-state index in [1.54, 1.807) is 6.20 Å². The Morgan fingerprint density at radius 1 is 1.56 bits per heavy atom. The van der Waals surface area contributed by atoms with Crippen molar-refractivity contribution >= 4 is 17.2 Å². The Labute approximate surface area is 112 Å². The van der Waals surface area contributed by atoms with Gasteiger partial charge in [-0.2, -0.15) is 0 Å². The number of carbonyl (C=O) groups is 1. The number of piperidine rings is 1. The highest BCUT2D eigenvalue weighted by Crippen LogP contribution is 2.20. The Kier molecular flexibility index (Phi) is 4.72. The third-order valence-electron chi connectivity index (χ3n) is 3.42. The van der Waals surface area contributed by atoms with E-state index in [4.69, 9.17) is 0 Å². The number of hydrogen-bond donors (Lipinski definition) is 1. The van der Waals surface area contributed by atoms with E-state index < -0.39 is 0 Å². The lowest BCUT2D eigenvalue weighted by atomic mass is 9.96. The van der Waals surface area contributed by atoms with Crippen LogP contribution in [0.5, 0.6) is 0 Å². The summed E-state index contributed by atoms with van der Waals surface area (Å²) in [4.78, 5) is 19.1. The lowest BCUT2D eigenvalue weighted by Gasteiger charge is -2.31. The number of carbonyl (C=O) groups excluding carboxylic acids is 1. The van der Waals surface area contributed by atoms with Gasteiger partial charge in [0, 0.05) is 13.1 Å². The van der Waals surface area contributed by atoms with Gasteiger partial charge in [0.15, 0.2) is 0 Å². The molecule has 1 aliphatic heterocycles. The predicted octanol–water partition coefficient (Wildman–Crippen LogP) is 1.91. The molecule has 2 rings (SSSR count). The molecule has 1 N–H and O–H groups in total. The first-order chi connectivity index (χ1) is 8.70. The molecule has 1 amide bonds. The molecule has 0 unspecified atom stereocenters. The van der Waals surface area contributed by atoms with Gasteiger partial charge in [0.05, 0.1) is 11.2 Å². The van der Waals surface area contributed by atoms with Gasteiger partial charge in [-0.15, -0.1) is 11.3 Å². The van der Waals surface area contributed by atoms with E-state index in [9.17, 15) is 4.79 Å². The lowest BCUT2D eigenvalue weighted by molar-refractivity contribution is 0.0695. The van der Waals surface area contributed by atoms with Crippen molar-refractivity contribution in [3.8, 4) is 0 Å². The van der Waals surface area contributed by atoms with Crippen molar-refractivity contribution in [2.75, 3.05) is 26.2 Å². The summed E-state index contributed by atoms with van der Waals surface area (Å²) < 4.78 is 0. The van der Waals surface area contributed by atoms with E-state index in [0.29, 0.717) is 0 Å². The third-order valence-corrected chi connectivity index (χ3v) is 4.32. The SMILES string of the molecule is CCNCC1CCN(C(=O)c2cnc(C)s2)CC1. The molecule has 2 heterocycles. The van der Waals surface area contributed by atoms with Crippen LogP contribution in [0.3, 0.4) is 0 Å². The first kappa shape index (κ1) is 13.5. The van der Waals surface area contributed by atoms with Crippen LogP contribution >= 0.6 is 11.3 Å². The van der Waals surface area contributed by atoms with Crippen LogP contribution in [0.2, 0.25) is 0 Å². The van der Waals surface area contributed by atoms with Gasteiger partial charge < -0.3 is 10.2 Å². The van der Waals surface area contributed by atoms with E-state index in [1.807, 2.05) is 11.8 Å². The largest absolute Gasteiger partial charge is 0.338 e. The molecule has 0 radical (unpaired) electrons. The van der Waals surface area contributed by atoms with Crippen LogP contribution in [0.4, 0.5) is 0 Å². The van der Waals surface area contributed by atoms with Crippen molar-refractivity contribution in [1.29, 1.82) is 0 Å². The molecule has 1 saturated heterocycles. The predicted molar refractivity (Wildman–Crippen MR) is 74.0 cm³/mol. The number of nitrogens with one attached hydrogen (secondary N) is 1. The maximum Gasteiger partial charge on any atom is 0.265 e. The molecule has 18 heavy (non-hydrogen) atoms. The molecule has 0 bridgehead atoms. The minimum atomic E-state index is 0.155. The summed E-state index contributed by atoms with van der Waals surface area (Å²) in [5.74, 6) is 0.875. The van der Waals surface area contributed by atoms with Crippen molar-refractivity contribution in [3.63, 3.8) is 0 Å². The Morgan fingerprint density at radius 2 is 2.28 bits per heavy atom. The number of likely N-dealkylation sites (tertiary alicyclic amines) is 1. The van der Waals surface area contributed by atoms with E-state index in [-0.39, 0.29) is 5.91 Å². The Balaban J connectivity index is 1.84. The van der Waals surface area contributed by atoms with Crippen LogP contribution < -0.4 is 5.32 Å². The molecule has 1 aromatic heterocycles. The molecule has 1 fully saturated rings. The number of rotatable bonds is 4. The molecule has 0 saturated carbocycles. The fourth-order valence-electron chi connectivity index (χ4n) is 2.30. The molecule has 5 heteroatoms. The van der Waals surface area contributed by atoms with Gasteiger partial charge in [0.1, 0.15) is 4.88 Å². The summed E-state index contributed by atoms with van der Waals surface area (Å²) in [6.45, 7) is 7.93. The monoisotopic (exact) mass is 267 g/mol. The molecule has 4 nitrogen and oxygen atoms in total. The number of hydrogen-bond acceptors (Lipinski definition) is 4. The van der Waals surface area contributed by atoms with Crippen molar-refractivity contribution in [1.82, 2.24) is 15.2 Å². The molecular weight excluding hydrogens is 246 g/mol. The zero-order valence-electron chi connectivity index (χ0n) is 11.1. The first-order valence-corrected chi connectivity index (χ1v) is 7.44. The molecule has 0 spiro atoms. The molecule has 0 aliphatic carbocycles. The van der Waals surface area contributed by atoms with Crippen LogP contribution in [0.25, 0.3) is 0 Å². The lowest BCUT2D eigenvalue weighted by Crippen LogP contribution is -2.40. The minimum absolute atomic E-state index is 0.155. The van der Waals surface area contributed by atoms with E-state index in [2.05, 4.69) is 17.2 Å². The zero-order valence-corrected chi connectivity index (χ0v) is 11.9. The molecule has 0 aromatic carbocycles. The maximum absolute atomic E-state index is 12.2. The van der Waals surface area contributed by atoms with Crippen molar-refractivity contribution in [3.05, 3.63) is 16.1 Å². The van der Waals surface area contributed by atoms with Crippen LogP contribution in [0.15, 0.2) is 6.20 Å². The number of aromatic nitrogens is 1. The summed E-state index contributed by atoms with van der Waals surface area (Å²) in [5.41, 5.74) is 0. The summed E-state index contributed by atoms with van der Waals surface area (Å²) in [7, 11) is 0. The molecule has 1 aliphatic rings. The van der Waals surface area contributed by atoms with E-state index in [0.717, 1.165) is 54.8 Å². The van der Waals surface area contributed by atoms with Gasteiger partial charge >= 0.3 is 0 Å². The van der Waals surface area contributed by atoms with Gasteiger partial charge in [-0.3, -0.25) is 4.79 Å². The van der Waals surface area contributed by atoms with Gasteiger partial charge in [0.2, 0.25) is 0 Å². The van der Waals surface area contributed by atoms with Crippen LogP contribution in [0, 0.1) is 12.8 Å². The highest BCUT2D eigenvalue weighted by Gasteiger charge is 2.24. The summed E-state index contributed by atoms with van der Waals surface area (Å²) in [6.07, 6.45) is 3.92. The topological polar surface area (TPSA) is 45.2 Å². The second kappa shape index (κ2) is 6.29. The molecule has 100 valence electrons. The Bertz CT molecular complexity index is 397. The highest BCUT2D eigenvalue weighted by atomic mass is 32.1. The van der Waals surface area contributed by atoms with Gasteiger partial charge in [-0.25, -0.2) is 4.98 Å². The number of nitrogens with zero attached hydrogens (tertiary/aromatic N) is 2. The maximum atomic E-state index is 12.2. The Morgan fingerprint density at radius 3 is 2.83 bits per heavy atom. The van der Waals surface area contributed by atoms with Crippen molar-refractivity contribution in [2.45, 2.75) is 26.7 Å². The van der Waals surface area contributed by atoms with Gasteiger partial charge in [-0.1, -0.05) is 6.92 Å². The summed E-state index contributed by atoms with van der Waals surface area (Å²) in [6, 6.07) is 0. The van der Waals surface area contributed by atoms with Crippen molar-refractivity contribution in [2.24, 2.45) is 5.92 Å². The number of amides is 1. The second-order valence-electron chi connectivity index (χ2n) is 4.79. The molecular formula is C13H21N3OS. The Hall–Kier alpha value is -0.940. The normalized spacial score (nSPS) is 17.1. The zero-order chi connectivity index (χ0) is 13.0.